The lowest BCUT2D eigenvalue weighted by Gasteiger charge is -2.49. The van der Waals surface area contributed by atoms with Crippen LogP contribution in [0.4, 0.5) is 0 Å². The van der Waals surface area contributed by atoms with Gasteiger partial charge in [-0.1, -0.05) is 47.6 Å². The molecule has 0 radical (unpaired) electrons. The lowest BCUT2D eigenvalue weighted by molar-refractivity contribution is -0.0829. The van der Waals surface area contributed by atoms with Gasteiger partial charge in [-0.15, -0.1) is 6.58 Å². The van der Waals surface area contributed by atoms with Crippen LogP contribution in [0.5, 0.6) is 0 Å². The molecule has 1 aliphatic carbocycles. The van der Waals surface area contributed by atoms with Gasteiger partial charge in [0.15, 0.2) is 0 Å². The van der Waals surface area contributed by atoms with Crippen LogP contribution in [-0.2, 0) is 0 Å². The summed E-state index contributed by atoms with van der Waals surface area (Å²) in [5.74, 6) is 1.50. The van der Waals surface area contributed by atoms with Crippen molar-refractivity contribution < 1.29 is 5.11 Å². The molecule has 1 N–H and O–H groups in total. The Balaban J connectivity index is 2.96. The first kappa shape index (κ1) is 15.8. The Labute approximate surface area is 114 Å². The second-order valence-electron chi connectivity index (χ2n) is 8.30. The van der Waals surface area contributed by atoms with E-state index in [1.807, 2.05) is 6.08 Å². The molecule has 0 saturated heterocycles. The first-order chi connectivity index (χ1) is 8.07. The molecule has 0 spiro atoms. The van der Waals surface area contributed by atoms with Crippen LogP contribution in [0.15, 0.2) is 12.7 Å². The Morgan fingerprint density at radius 1 is 1.00 bits per heavy atom. The molecule has 0 bridgehead atoms. The molecule has 2 unspecified atom stereocenters. The van der Waals surface area contributed by atoms with Crippen LogP contribution in [0.2, 0.25) is 0 Å². The largest absolute Gasteiger partial charge is 0.393 e. The summed E-state index contributed by atoms with van der Waals surface area (Å²) < 4.78 is 0. The molecule has 0 amide bonds. The molecule has 1 heteroatoms. The van der Waals surface area contributed by atoms with Gasteiger partial charge < -0.3 is 5.11 Å². The Hall–Kier alpha value is -0.300. The molecule has 2 atom stereocenters. The molecule has 1 aliphatic rings. The highest BCUT2D eigenvalue weighted by molar-refractivity contribution is 4.96. The summed E-state index contributed by atoms with van der Waals surface area (Å²) in [7, 11) is 0. The number of hydrogen-bond acceptors (Lipinski definition) is 1. The number of aliphatic hydroxyl groups is 1. The zero-order valence-corrected chi connectivity index (χ0v) is 13.2. The van der Waals surface area contributed by atoms with Gasteiger partial charge in [0.1, 0.15) is 0 Å². The van der Waals surface area contributed by atoms with Gasteiger partial charge in [0.2, 0.25) is 0 Å². The molecule has 0 heterocycles. The summed E-state index contributed by atoms with van der Waals surface area (Å²) >= 11 is 0. The molecular formula is C17H32O. The third kappa shape index (κ3) is 3.60. The maximum absolute atomic E-state index is 10.8. The Bertz CT molecular complexity index is 255. The lowest BCUT2D eigenvalue weighted by Crippen LogP contribution is -2.47. The average molecular weight is 252 g/mol. The molecule has 1 fully saturated rings. The normalized spacial score (nSPS) is 34.4. The summed E-state index contributed by atoms with van der Waals surface area (Å²) in [6.45, 7) is 17.5. The minimum absolute atomic E-state index is 0.161. The number of hydrogen-bond donors (Lipinski definition) is 1. The summed E-state index contributed by atoms with van der Waals surface area (Å²) in [5, 5.41) is 10.8. The number of allylic oxidation sites excluding steroid dienone is 1. The smallest absolute Gasteiger partial charge is 0.0606 e. The van der Waals surface area contributed by atoms with E-state index in [1.54, 1.807) is 0 Å². The number of rotatable bonds is 2. The summed E-state index contributed by atoms with van der Waals surface area (Å²) in [4.78, 5) is 0. The van der Waals surface area contributed by atoms with Crippen molar-refractivity contribution in [2.75, 3.05) is 0 Å². The van der Waals surface area contributed by atoms with E-state index in [2.05, 4.69) is 48.1 Å². The minimum atomic E-state index is -0.161. The van der Waals surface area contributed by atoms with E-state index in [4.69, 9.17) is 0 Å². The van der Waals surface area contributed by atoms with E-state index in [-0.39, 0.29) is 16.9 Å². The predicted molar refractivity (Wildman–Crippen MR) is 79.4 cm³/mol. The fourth-order valence-electron chi connectivity index (χ4n) is 3.53. The van der Waals surface area contributed by atoms with Gasteiger partial charge in [0.25, 0.3) is 0 Å². The number of aliphatic hydroxyl groups excluding tert-OH is 1. The monoisotopic (exact) mass is 252 g/mol. The highest BCUT2D eigenvalue weighted by Gasteiger charge is 2.45. The standard InChI is InChI=1S/C17H32O/c1-8-9-12-10-13(16(2,3)4)15(18)14(11-12)17(5,6)7/h8,12-15,18H,1,9-11H2,2-7H3. The van der Waals surface area contributed by atoms with Crippen molar-refractivity contribution in [3.05, 3.63) is 12.7 Å². The first-order valence-electron chi connectivity index (χ1n) is 7.36. The van der Waals surface area contributed by atoms with Crippen LogP contribution in [0.3, 0.4) is 0 Å². The van der Waals surface area contributed by atoms with Crippen molar-refractivity contribution in [1.82, 2.24) is 0 Å². The van der Waals surface area contributed by atoms with Crippen molar-refractivity contribution in [2.45, 2.75) is 66.9 Å². The van der Waals surface area contributed by atoms with Crippen LogP contribution in [0, 0.1) is 28.6 Å². The van der Waals surface area contributed by atoms with Gasteiger partial charge in [-0.25, -0.2) is 0 Å². The molecule has 0 aromatic carbocycles. The highest BCUT2D eigenvalue weighted by atomic mass is 16.3. The van der Waals surface area contributed by atoms with Crippen LogP contribution in [0.25, 0.3) is 0 Å². The molecule has 0 aromatic heterocycles. The van der Waals surface area contributed by atoms with Crippen molar-refractivity contribution in [1.29, 1.82) is 0 Å². The van der Waals surface area contributed by atoms with E-state index in [1.165, 1.54) is 0 Å². The van der Waals surface area contributed by atoms with E-state index >= 15 is 0 Å². The molecular weight excluding hydrogens is 220 g/mol. The third-order valence-electron chi connectivity index (χ3n) is 4.72. The van der Waals surface area contributed by atoms with Crippen LogP contribution < -0.4 is 0 Å². The van der Waals surface area contributed by atoms with Gasteiger partial charge in [-0.05, 0) is 47.8 Å². The van der Waals surface area contributed by atoms with Crippen molar-refractivity contribution >= 4 is 0 Å². The molecule has 1 nitrogen and oxygen atoms in total. The van der Waals surface area contributed by atoms with Crippen molar-refractivity contribution in [3.63, 3.8) is 0 Å². The molecule has 18 heavy (non-hydrogen) atoms. The van der Waals surface area contributed by atoms with E-state index in [9.17, 15) is 5.11 Å². The third-order valence-corrected chi connectivity index (χ3v) is 4.72. The van der Waals surface area contributed by atoms with Crippen LogP contribution in [0.1, 0.15) is 60.8 Å². The zero-order valence-electron chi connectivity index (χ0n) is 13.2. The minimum Gasteiger partial charge on any atom is -0.393 e. The maximum atomic E-state index is 10.8. The van der Waals surface area contributed by atoms with Crippen molar-refractivity contribution in [2.24, 2.45) is 28.6 Å². The fourth-order valence-corrected chi connectivity index (χ4v) is 3.53. The molecule has 1 saturated carbocycles. The quantitative estimate of drug-likeness (QED) is 0.709. The zero-order chi connectivity index (χ0) is 14.1. The van der Waals surface area contributed by atoms with Gasteiger partial charge in [-0.3, -0.25) is 0 Å². The Kier molecular flexibility index (Phi) is 4.70. The summed E-state index contributed by atoms with van der Waals surface area (Å²) in [5.41, 5.74) is 0.367. The molecule has 0 aliphatic heterocycles. The molecule has 106 valence electrons. The molecule has 1 rings (SSSR count). The van der Waals surface area contributed by atoms with E-state index < -0.39 is 0 Å². The average Bonchev–Trinajstić information content (AvgIpc) is 2.17. The van der Waals surface area contributed by atoms with E-state index in [0.717, 1.165) is 19.3 Å². The second-order valence-corrected chi connectivity index (χ2v) is 8.30. The molecule has 0 aromatic rings. The van der Waals surface area contributed by atoms with E-state index in [0.29, 0.717) is 17.8 Å². The van der Waals surface area contributed by atoms with Gasteiger partial charge in [0.05, 0.1) is 6.10 Å². The Morgan fingerprint density at radius 2 is 1.39 bits per heavy atom. The summed E-state index contributed by atoms with van der Waals surface area (Å²) in [6.07, 6.45) is 5.26. The van der Waals surface area contributed by atoms with Crippen LogP contribution in [-0.4, -0.2) is 11.2 Å². The predicted octanol–water partition coefficient (Wildman–Crippen LogP) is 4.66. The maximum Gasteiger partial charge on any atom is 0.0606 e. The fraction of sp³-hybridized carbons (Fsp3) is 0.882. The van der Waals surface area contributed by atoms with Gasteiger partial charge >= 0.3 is 0 Å². The van der Waals surface area contributed by atoms with Crippen molar-refractivity contribution in [3.8, 4) is 0 Å². The topological polar surface area (TPSA) is 20.2 Å². The highest BCUT2D eigenvalue weighted by Crippen LogP contribution is 2.49. The summed E-state index contributed by atoms with van der Waals surface area (Å²) in [6, 6.07) is 0. The first-order valence-corrected chi connectivity index (χ1v) is 7.36. The second kappa shape index (κ2) is 5.36. The van der Waals surface area contributed by atoms with Crippen LogP contribution >= 0.6 is 0 Å². The Morgan fingerprint density at radius 3 is 1.67 bits per heavy atom. The SMILES string of the molecule is C=CCC1CC(C(C)(C)C)C(O)C(C(C)(C)C)C1. The van der Waals surface area contributed by atoms with Gasteiger partial charge in [0, 0.05) is 0 Å². The van der Waals surface area contributed by atoms with Gasteiger partial charge in [-0.2, -0.15) is 0 Å². The lowest BCUT2D eigenvalue weighted by atomic mass is 9.58.